The summed E-state index contributed by atoms with van der Waals surface area (Å²) in [7, 11) is 2.00. The number of azo groups is 1. The molecule has 6 nitrogen and oxygen atoms in total. The Morgan fingerprint density at radius 3 is 2.83 bits per heavy atom. The summed E-state index contributed by atoms with van der Waals surface area (Å²) in [5.74, 6) is 0.229. The lowest BCUT2D eigenvalue weighted by molar-refractivity contribution is -0.119. The minimum absolute atomic E-state index is 0.0596. The average Bonchev–Trinajstić information content (AvgIpc) is 3.34. The van der Waals surface area contributed by atoms with Crippen molar-refractivity contribution in [2.75, 3.05) is 0 Å². The van der Waals surface area contributed by atoms with Crippen molar-refractivity contribution in [2.45, 2.75) is 51.6 Å². The van der Waals surface area contributed by atoms with Gasteiger partial charge in [-0.15, -0.1) is 0 Å². The molecular formula is C24H27N5O. The Morgan fingerprint density at radius 2 is 2.10 bits per heavy atom. The summed E-state index contributed by atoms with van der Waals surface area (Å²) < 4.78 is 2.02. The van der Waals surface area contributed by atoms with Crippen LogP contribution in [-0.4, -0.2) is 21.5 Å². The SMILES string of the molecule is CC[C@]1(c2cccc(-c3cncn3C)c2)C2=CN=NC2NC2=C1C(=O)CC(C)(C)C2. The number of carbonyl (C=O) groups excluding carboxylic acids is 1. The van der Waals surface area contributed by atoms with Gasteiger partial charge in [0.2, 0.25) is 0 Å². The van der Waals surface area contributed by atoms with Crippen LogP contribution in [0.5, 0.6) is 0 Å². The van der Waals surface area contributed by atoms with Crippen LogP contribution in [0, 0.1) is 5.41 Å². The van der Waals surface area contributed by atoms with Gasteiger partial charge < -0.3 is 9.88 Å². The number of rotatable bonds is 3. The summed E-state index contributed by atoms with van der Waals surface area (Å²) >= 11 is 0. The first-order chi connectivity index (χ1) is 14.4. The normalized spacial score (nSPS) is 26.9. The van der Waals surface area contributed by atoms with Gasteiger partial charge in [0.25, 0.3) is 0 Å². The fraction of sp³-hybridized carbons (Fsp3) is 0.417. The quantitative estimate of drug-likeness (QED) is 0.813. The number of fused-ring (bicyclic) bond motifs is 1. The first kappa shape index (κ1) is 19.0. The number of nitrogens with zero attached hydrogens (tertiary/aromatic N) is 4. The molecular weight excluding hydrogens is 374 g/mol. The van der Waals surface area contributed by atoms with E-state index in [0.29, 0.717) is 6.42 Å². The smallest absolute Gasteiger partial charge is 0.164 e. The van der Waals surface area contributed by atoms with E-state index in [-0.39, 0.29) is 17.4 Å². The van der Waals surface area contributed by atoms with E-state index in [1.54, 1.807) is 0 Å². The van der Waals surface area contributed by atoms with Crippen LogP contribution in [0.3, 0.4) is 0 Å². The van der Waals surface area contributed by atoms with Crippen LogP contribution < -0.4 is 5.32 Å². The first-order valence-corrected chi connectivity index (χ1v) is 10.6. The van der Waals surface area contributed by atoms with Gasteiger partial charge in [0.15, 0.2) is 11.9 Å². The Kier molecular flexibility index (Phi) is 4.10. The Hall–Kier alpha value is -3.02. The van der Waals surface area contributed by atoms with Crippen molar-refractivity contribution in [3.63, 3.8) is 0 Å². The summed E-state index contributed by atoms with van der Waals surface area (Å²) in [6, 6.07) is 8.52. The van der Waals surface area contributed by atoms with Crippen LogP contribution in [0.15, 0.2) is 70.1 Å². The van der Waals surface area contributed by atoms with E-state index in [4.69, 9.17) is 0 Å². The lowest BCUT2D eigenvalue weighted by Crippen LogP contribution is -2.51. The Bertz CT molecular complexity index is 1140. The second-order valence-corrected chi connectivity index (χ2v) is 9.39. The van der Waals surface area contributed by atoms with E-state index in [0.717, 1.165) is 46.5 Å². The molecule has 2 aliphatic heterocycles. The molecule has 1 N–H and O–H groups in total. The number of allylic oxidation sites excluding steroid dienone is 2. The lowest BCUT2D eigenvalue weighted by Gasteiger charge is -2.47. The van der Waals surface area contributed by atoms with Gasteiger partial charge in [-0.05, 0) is 29.9 Å². The van der Waals surface area contributed by atoms with Crippen molar-refractivity contribution >= 4 is 5.78 Å². The van der Waals surface area contributed by atoms with Crippen LogP contribution in [-0.2, 0) is 17.3 Å². The molecule has 0 spiro atoms. The summed E-state index contributed by atoms with van der Waals surface area (Å²) in [4.78, 5) is 17.8. The number of aryl methyl sites for hydroxylation is 1. The molecule has 0 amide bonds. The van der Waals surface area contributed by atoms with Crippen molar-refractivity contribution < 1.29 is 4.79 Å². The summed E-state index contributed by atoms with van der Waals surface area (Å²) in [6.45, 7) is 6.49. The molecule has 1 aliphatic carbocycles. The molecule has 6 heteroatoms. The predicted molar refractivity (Wildman–Crippen MR) is 116 cm³/mol. The van der Waals surface area contributed by atoms with E-state index in [1.165, 1.54) is 0 Å². The van der Waals surface area contributed by atoms with Gasteiger partial charge in [0.1, 0.15) is 0 Å². The van der Waals surface area contributed by atoms with Crippen molar-refractivity contribution in [2.24, 2.45) is 22.7 Å². The molecule has 2 atom stereocenters. The van der Waals surface area contributed by atoms with Crippen molar-refractivity contribution in [1.29, 1.82) is 0 Å². The third-order valence-electron chi connectivity index (χ3n) is 6.78. The molecule has 1 unspecified atom stereocenters. The van der Waals surface area contributed by atoms with Crippen LogP contribution in [0.2, 0.25) is 0 Å². The highest BCUT2D eigenvalue weighted by atomic mass is 16.1. The molecule has 3 aliphatic rings. The molecule has 0 fully saturated rings. The van der Waals surface area contributed by atoms with Crippen LogP contribution in [0.1, 0.15) is 45.6 Å². The number of imidazole rings is 1. The zero-order valence-corrected chi connectivity index (χ0v) is 17.9. The minimum Gasteiger partial charge on any atom is -0.362 e. The second-order valence-electron chi connectivity index (χ2n) is 9.39. The standard InChI is InChI=1S/C24H27N5O/c1-5-24(16-8-6-7-15(9-16)19-13-25-14-29(19)4)17-12-26-28-22(17)27-18-10-23(2,3)11-20(30)21(18)24/h6-9,12-14,22,27H,5,10-11H2,1-4H3/t22?,24-/m0/s1. The maximum Gasteiger partial charge on any atom is 0.164 e. The number of ketones is 1. The summed E-state index contributed by atoms with van der Waals surface area (Å²) in [5, 5.41) is 12.2. The number of Topliss-reactive ketones (excluding diaryl/α,β-unsaturated/α-hetero) is 1. The van der Waals surface area contributed by atoms with Gasteiger partial charge in [-0.2, -0.15) is 10.2 Å². The highest BCUT2D eigenvalue weighted by molar-refractivity contribution is 6.01. The first-order valence-electron chi connectivity index (χ1n) is 10.6. The molecule has 1 aromatic carbocycles. The fourth-order valence-electron chi connectivity index (χ4n) is 5.47. The van der Waals surface area contributed by atoms with Gasteiger partial charge in [0.05, 0.1) is 29.8 Å². The summed E-state index contributed by atoms with van der Waals surface area (Å²) in [5.41, 5.74) is 5.69. The van der Waals surface area contributed by atoms with Crippen LogP contribution in [0.25, 0.3) is 11.3 Å². The number of hydrogen-bond donors (Lipinski definition) is 1. The Labute approximate surface area is 176 Å². The Balaban J connectivity index is 1.75. The lowest BCUT2D eigenvalue weighted by atomic mass is 9.58. The van der Waals surface area contributed by atoms with Crippen LogP contribution >= 0.6 is 0 Å². The molecule has 2 aromatic rings. The van der Waals surface area contributed by atoms with Gasteiger partial charge in [-0.3, -0.25) is 4.79 Å². The maximum atomic E-state index is 13.5. The number of aromatic nitrogens is 2. The maximum absolute atomic E-state index is 13.5. The minimum atomic E-state index is -0.517. The second kappa shape index (κ2) is 6.49. The summed E-state index contributed by atoms with van der Waals surface area (Å²) in [6.07, 6.45) is 7.52. The third-order valence-corrected chi connectivity index (χ3v) is 6.78. The zero-order valence-electron chi connectivity index (χ0n) is 17.9. The number of nitrogens with one attached hydrogen (secondary N) is 1. The van der Waals surface area contributed by atoms with Gasteiger partial charge in [-0.25, -0.2) is 4.98 Å². The third kappa shape index (κ3) is 2.62. The molecule has 0 bridgehead atoms. The number of benzene rings is 1. The zero-order chi connectivity index (χ0) is 21.1. The molecule has 0 radical (unpaired) electrons. The van der Waals surface area contributed by atoms with Crippen molar-refractivity contribution in [3.05, 3.63) is 65.4 Å². The fourth-order valence-corrected chi connectivity index (χ4v) is 5.47. The van der Waals surface area contributed by atoms with Crippen molar-refractivity contribution in [3.8, 4) is 11.3 Å². The molecule has 0 saturated carbocycles. The van der Waals surface area contributed by atoms with E-state index in [2.05, 4.69) is 65.6 Å². The topological polar surface area (TPSA) is 71.6 Å². The van der Waals surface area contributed by atoms with Gasteiger partial charge >= 0.3 is 0 Å². The predicted octanol–water partition coefficient (Wildman–Crippen LogP) is 4.66. The highest BCUT2D eigenvalue weighted by Gasteiger charge is 2.52. The average molecular weight is 402 g/mol. The van der Waals surface area contributed by atoms with Gasteiger partial charge in [0, 0.05) is 35.9 Å². The number of carbonyl (C=O) groups is 1. The van der Waals surface area contributed by atoms with Crippen LogP contribution in [0.4, 0.5) is 0 Å². The van der Waals surface area contributed by atoms with E-state index < -0.39 is 5.41 Å². The van der Waals surface area contributed by atoms with E-state index in [9.17, 15) is 4.79 Å². The van der Waals surface area contributed by atoms with Gasteiger partial charge in [-0.1, -0.05) is 39.0 Å². The molecule has 5 rings (SSSR count). The van der Waals surface area contributed by atoms with Crippen molar-refractivity contribution in [1.82, 2.24) is 14.9 Å². The molecule has 0 saturated heterocycles. The van der Waals surface area contributed by atoms with E-state index in [1.807, 2.05) is 30.3 Å². The number of hydrogen-bond acceptors (Lipinski definition) is 5. The highest BCUT2D eigenvalue weighted by Crippen LogP contribution is 2.53. The monoisotopic (exact) mass is 401 g/mol. The molecule has 3 heterocycles. The van der Waals surface area contributed by atoms with E-state index >= 15 is 0 Å². The molecule has 30 heavy (non-hydrogen) atoms. The largest absolute Gasteiger partial charge is 0.362 e. The molecule has 154 valence electrons. The Morgan fingerprint density at radius 1 is 1.27 bits per heavy atom. The molecule has 1 aromatic heterocycles.